The van der Waals surface area contributed by atoms with E-state index in [1.54, 1.807) is 17.1 Å². The summed E-state index contributed by atoms with van der Waals surface area (Å²) < 4.78 is 1.66. The standard InChI is InChI=1S/C23H24N8O/c1-30-15-21(28-29-30)16-6-8-17(9-7-16)23(32)31(18-4-2-11-24-14-18)22-19(5-3-12-25-22)20-10-13-26-27-20/h3,5-10,12-13,15,18,24H,2,4,11,14H2,1H3,(H,26,27). The van der Waals surface area contributed by atoms with E-state index in [9.17, 15) is 4.79 Å². The Kier molecular flexibility index (Phi) is 5.47. The van der Waals surface area contributed by atoms with Crippen molar-refractivity contribution in [2.75, 3.05) is 18.0 Å². The number of carbonyl (C=O) groups is 1. The Morgan fingerprint density at radius 3 is 2.72 bits per heavy atom. The Bertz CT molecular complexity index is 1190. The van der Waals surface area contributed by atoms with E-state index in [1.165, 1.54) is 0 Å². The molecule has 9 nitrogen and oxygen atoms in total. The van der Waals surface area contributed by atoms with Crippen LogP contribution in [0, 0.1) is 0 Å². The van der Waals surface area contributed by atoms with E-state index in [0.29, 0.717) is 11.4 Å². The number of amides is 1. The molecular formula is C23H24N8O. The number of anilines is 1. The molecule has 1 atom stereocenters. The second-order valence-corrected chi connectivity index (χ2v) is 7.88. The van der Waals surface area contributed by atoms with Gasteiger partial charge in [0.15, 0.2) is 0 Å². The lowest BCUT2D eigenvalue weighted by molar-refractivity contribution is 0.0971. The smallest absolute Gasteiger partial charge is 0.259 e. The van der Waals surface area contributed by atoms with Crippen LogP contribution in [0.1, 0.15) is 23.2 Å². The molecule has 1 aromatic carbocycles. The summed E-state index contributed by atoms with van der Waals surface area (Å²) in [5.41, 5.74) is 3.96. The van der Waals surface area contributed by atoms with E-state index >= 15 is 0 Å². The van der Waals surface area contributed by atoms with E-state index in [4.69, 9.17) is 0 Å². The van der Waals surface area contributed by atoms with Crippen LogP contribution < -0.4 is 10.2 Å². The van der Waals surface area contributed by atoms with Crippen LogP contribution in [0.5, 0.6) is 0 Å². The minimum absolute atomic E-state index is 0.00693. The molecule has 1 unspecified atom stereocenters. The van der Waals surface area contributed by atoms with E-state index < -0.39 is 0 Å². The van der Waals surface area contributed by atoms with Crippen molar-refractivity contribution < 1.29 is 4.79 Å². The second-order valence-electron chi connectivity index (χ2n) is 7.88. The van der Waals surface area contributed by atoms with E-state index in [1.807, 2.05) is 60.6 Å². The molecule has 162 valence electrons. The van der Waals surface area contributed by atoms with Gasteiger partial charge in [0, 0.05) is 42.7 Å². The van der Waals surface area contributed by atoms with E-state index in [2.05, 4.69) is 30.8 Å². The molecule has 9 heteroatoms. The first-order valence-corrected chi connectivity index (χ1v) is 10.7. The van der Waals surface area contributed by atoms with Gasteiger partial charge in [0.05, 0.1) is 17.9 Å². The van der Waals surface area contributed by atoms with Crippen LogP contribution in [0.3, 0.4) is 0 Å². The molecule has 1 aliphatic rings. The Morgan fingerprint density at radius 2 is 2.03 bits per heavy atom. The molecule has 0 radical (unpaired) electrons. The number of benzene rings is 1. The van der Waals surface area contributed by atoms with Gasteiger partial charge in [0.25, 0.3) is 5.91 Å². The minimum Gasteiger partial charge on any atom is -0.315 e. The quantitative estimate of drug-likeness (QED) is 0.506. The highest BCUT2D eigenvalue weighted by atomic mass is 16.2. The number of H-pyrrole nitrogens is 1. The third kappa shape index (κ3) is 3.90. The number of rotatable bonds is 5. The predicted octanol–water partition coefficient (Wildman–Crippen LogP) is 2.67. The molecule has 1 fully saturated rings. The number of pyridine rings is 1. The second kappa shape index (κ2) is 8.72. The van der Waals surface area contributed by atoms with Crippen LogP contribution >= 0.6 is 0 Å². The van der Waals surface area contributed by atoms with Gasteiger partial charge in [-0.2, -0.15) is 5.10 Å². The van der Waals surface area contributed by atoms with Gasteiger partial charge in [-0.1, -0.05) is 17.3 Å². The minimum atomic E-state index is -0.0798. The van der Waals surface area contributed by atoms with Crippen molar-refractivity contribution in [3.8, 4) is 22.5 Å². The Balaban J connectivity index is 1.53. The van der Waals surface area contributed by atoms with Crippen LogP contribution in [0.4, 0.5) is 5.82 Å². The molecule has 0 spiro atoms. The first kappa shape index (κ1) is 20.1. The van der Waals surface area contributed by atoms with Crippen molar-refractivity contribution in [3.05, 3.63) is 66.6 Å². The predicted molar refractivity (Wildman–Crippen MR) is 121 cm³/mol. The van der Waals surface area contributed by atoms with Crippen molar-refractivity contribution in [2.24, 2.45) is 7.05 Å². The maximum absolute atomic E-state index is 13.8. The summed E-state index contributed by atoms with van der Waals surface area (Å²) in [7, 11) is 1.83. The number of hydrogen-bond acceptors (Lipinski definition) is 6. The van der Waals surface area contributed by atoms with Crippen LogP contribution in [0.15, 0.2) is 61.1 Å². The molecule has 5 rings (SSSR count). The number of aromatic amines is 1. The van der Waals surface area contributed by atoms with Gasteiger partial charge in [-0.15, -0.1) is 5.10 Å². The summed E-state index contributed by atoms with van der Waals surface area (Å²) in [6.45, 7) is 1.68. The number of nitrogens with zero attached hydrogens (tertiary/aromatic N) is 6. The lowest BCUT2D eigenvalue weighted by Crippen LogP contribution is -2.49. The molecule has 1 amide bonds. The van der Waals surface area contributed by atoms with Gasteiger partial charge in [-0.25, -0.2) is 4.98 Å². The highest BCUT2D eigenvalue weighted by molar-refractivity contribution is 6.08. The number of aryl methyl sites for hydroxylation is 1. The van der Waals surface area contributed by atoms with Gasteiger partial charge in [-0.3, -0.25) is 19.5 Å². The van der Waals surface area contributed by atoms with Crippen molar-refractivity contribution in [3.63, 3.8) is 0 Å². The largest absolute Gasteiger partial charge is 0.315 e. The number of piperidine rings is 1. The molecule has 4 heterocycles. The van der Waals surface area contributed by atoms with Gasteiger partial charge >= 0.3 is 0 Å². The molecule has 0 bridgehead atoms. The van der Waals surface area contributed by atoms with Crippen LogP contribution in [-0.2, 0) is 7.05 Å². The average Bonchev–Trinajstić information content (AvgIpc) is 3.53. The zero-order valence-corrected chi connectivity index (χ0v) is 17.8. The van der Waals surface area contributed by atoms with Crippen molar-refractivity contribution in [1.82, 2.24) is 35.5 Å². The van der Waals surface area contributed by atoms with Crippen LogP contribution in [-0.4, -0.2) is 55.2 Å². The number of carbonyl (C=O) groups excluding carboxylic acids is 1. The van der Waals surface area contributed by atoms with Crippen molar-refractivity contribution in [2.45, 2.75) is 18.9 Å². The highest BCUT2D eigenvalue weighted by Gasteiger charge is 2.30. The number of aromatic nitrogens is 6. The fraction of sp³-hybridized carbons (Fsp3) is 0.261. The van der Waals surface area contributed by atoms with Crippen molar-refractivity contribution >= 4 is 11.7 Å². The molecule has 1 saturated heterocycles. The molecule has 0 aliphatic carbocycles. The van der Waals surface area contributed by atoms with E-state index in [-0.39, 0.29) is 11.9 Å². The van der Waals surface area contributed by atoms with Gasteiger partial charge < -0.3 is 5.32 Å². The SMILES string of the molecule is Cn1cc(-c2ccc(C(=O)N(c3ncccc3-c3ccn[nH]3)C3CCCNC3)cc2)nn1. The molecule has 1 aliphatic heterocycles. The number of nitrogens with one attached hydrogen (secondary N) is 2. The normalized spacial score (nSPS) is 16.1. The van der Waals surface area contributed by atoms with Gasteiger partial charge in [0.1, 0.15) is 11.5 Å². The Labute approximate surface area is 185 Å². The summed E-state index contributed by atoms with van der Waals surface area (Å²) in [5, 5.41) is 18.6. The summed E-state index contributed by atoms with van der Waals surface area (Å²) in [5.74, 6) is 0.553. The average molecular weight is 429 g/mol. The summed E-state index contributed by atoms with van der Waals surface area (Å²) in [4.78, 5) is 20.3. The van der Waals surface area contributed by atoms with Gasteiger partial charge in [0.2, 0.25) is 0 Å². The molecule has 32 heavy (non-hydrogen) atoms. The van der Waals surface area contributed by atoms with Crippen LogP contribution in [0.2, 0.25) is 0 Å². The maximum atomic E-state index is 13.8. The van der Waals surface area contributed by atoms with Crippen LogP contribution in [0.25, 0.3) is 22.5 Å². The zero-order chi connectivity index (χ0) is 21.9. The molecular weight excluding hydrogens is 404 g/mol. The Morgan fingerprint density at radius 1 is 1.16 bits per heavy atom. The van der Waals surface area contributed by atoms with Gasteiger partial charge in [-0.05, 0) is 49.7 Å². The van der Waals surface area contributed by atoms with Crippen molar-refractivity contribution in [1.29, 1.82) is 0 Å². The molecule has 2 N–H and O–H groups in total. The summed E-state index contributed by atoms with van der Waals surface area (Å²) in [6.07, 6.45) is 7.19. The Hall–Kier alpha value is -3.85. The zero-order valence-electron chi connectivity index (χ0n) is 17.8. The molecule has 4 aromatic rings. The van der Waals surface area contributed by atoms with E-state index in [0.717, 1.165) is 48.4 Å². The first-order valence-electron chi connectivity index (χ1n) is 10.7. The summed E-state index contributed by atoms with van der Waals surface area (Å²) >= 11 is 0. The monoisotopic (exact) mass is 428 g/mol. The summed E-state index contributed by atoms with van der Waals surface area (Å²) in [6, 6.07) is 13.2. The molecule has 0 saturated carbocycles. The third-order valence-corrected chi connectivity index (χ3v) is 5.69. The fourth-order valence-corrected chi connectivity index (χ4v) is 4.10. The number of hydrogen-bond donors (Lipinski definition) is 2. The highest BCUT2D eigenvalue weighted by Crippen LogP contribution is 2.31. The molecule has 3 aromatic heterocycles. The third-order valence-electron chi connectivity index (χ3n) is 5.69. The maximum Gasteiger partial charge on any atom is 0.259 e. The fourth-order valence-electron chi connectivity index (χ4n) is 4.10. The topological polar surface area (TPSA) is 105 Å². The lowest BCUT2D eigenvalue weighted by Gasteiger charge is -2.35. The lowest BCUT2D eigenvalue weighted by atomic mass is 10.0. The first-order chi connectivity index (χ1) is 15.7.